The lowest BCUT2D eigenvalue weighted by Gasteiger charge is -2.37. The van der Waals surface area contributed by atoms with E-state index in [2.05, 4.69) is 4.74 Å². The van der Waals surface area contributed by atoms with Gasteiger partial charge in [0.05, 0.1) is 0 Å². The van der Waals surface area contributed by atoms with Gasteiger partial charge < -0.3 is 25.2 Å². The van der Waals surface area contributed by atoms with Gasteiger partial charge in [0.15, 0.2) is 12.1 Å². The molecular formula is C8H14O6. The number of ketones is 1. The number of aliphatic hydroxyl groups is 4. The van der Waals surface area contributed by atoms with Crippen molar-refractivity contribution in [1.29, 1.82) is 0 Å². The molecule has 0 aromatic rings. The lowest BCUT2D eigenvalue weighted by atomic mass is 9.95. The molecule has 0 aliphatic carbocycles. The molecule has 0 bridgehead atoms. The molecule has 1 fully saturated rings. The van der Waals surface area contributed by atoms with Crippen molar-refractivity contribution in [3.05, 3.63) is 0 Å². The van der Waals surface area contributed by atoms with Crippen molar-refractivity contribution in [2.45, 2.75) is 44.0 Å². The number of rotatable bonds is 2. The molecular weight excluding hydrogens is 192 g/mol. The van der Waals surface area contributed by atoms with Crippen molar-refractivity contribution < 1.29 is 31.3 Å². The number of aliphatic hydroxyl groups excluding tert-OH is 4. The van der Waals surface area contributed by atoms with Crippen LogP contribution in [0.5, 0.6) is 0 Å². The zero-order valence-corrected chi connectivity index (χ0v) is 7.41. The fourth-order valence-corrected chi connectivity index (χ4v) is 1.27. The van der Waals surface area contributed by atoms with Crippen molar-refractivity contribution in [3.63, 3.8) is 0 Å². The van der Waals surface area contributed by atoms with Crippen LogP contribution in [0.4, 0.5) is 0 Å². The highest BCUT2D eigenvalue weighted by Crippen LogP contribution is 2.20. The number of Topliss-reactive ketones (excluding diaryl/α,β-unsaturated/α-hetero) is 1. The lowest BCUT2D eigenvalue weighted by Crippen LogP contribution is -2.59. The third-order valence-electron chi connectivity index (χ3n) is 2.15. The van der Waals surface area contributed by atoms with E-state index in [4.69, 9.17) is 11.6 Å². The van der Waals surface area contributed by atoms with Crippen molar-refractivity contribution >= 4 is 5.78 Å². The van der Waals surface area contributed by atoms with Gasteiger partial charge in [0.1, 0.15) is 24.4 Å². The first-order valence-corrected chi connectivity index (χ1v) is 4.18. The number of ether oxygens (including phenoxy) is 1. The maximum atomic E-state index is 11.3. The standard InChI is InChI=1S/C8H14O6/c1-2-3(9)7-5(11)4(10)6(12)8(13)14-7/h4-8,10-13H,2H2,1H3/t4-,5-,6+,7+,8?/m0/s1/i1D. The van der Waals surface area contributed by atoms with Crippen molar-refractivity contribution in [3.8, 4) is 0 Å². The molecule has 1 rings (SSSR count). The zero-order valence-electron chi connectivity index (χ0n) is 8.41. The first kappa shape index (κ1) is 10.0. The summed E-state index contributed by atoms with van der Waals surface area (Å²) in [7, 11) is 0. The molecule has 82 valence electrons. The summed E-state index contributed by atoms with van der Waals surface area (Å²) < 4.78 is 11.5. The summed E-state index contributed by atoms with van der Waals surface area (Å²) in [6.45, 7) is -0.167. The molecule has 0 aromatic carbocycles. The van der Waals surface area contributed by atoms with Crippen LogP contribution in [0.25, 0.3) is 0 Å². The van der Waals surface area contributed by atoms with E-state index in [1.165, 1.54) is 0 Å². The second-order valence-electron chi connectivity index (χ2n) is 3.14. The summed E-state index contributed by atoms with van der Waals surface area (Å²) in [6, 6.07) is 0. The predicted octanol–water partition coefficient (Wildman–Crippen LogP) is -2.23. The minimum Gasteiger partial charge on any atom is -0.387 e. The Morgan fingerprint density at radius 3 is 2.50 bits per heavy atom. The van der Waals surface area contributed by atoms with Gasteiger partial charge in [-0.15, -0.1) is 0 Å². The van der Waals surface area contributed by atoms with Gasteiger partial charge in [-0.2, -0.15) is 0 Å². The molecule has 1 aliphatic heterocycles. The van der Waals surface area contributed by atoms with Gasteiger partial charge in [0.2, 0.25) is 0 Å². The SMILES string of the molecule is [2H]CCC(=O)[C@H]1OC(O)[C@H](O)[C@@H](O)[C@@H]1O. The average molecular weight is 207 g/mol. The maximum absolute atomic E-state index is 11.3. The van der Waals surface area contributed by atoms with Crippen LogP contribution < -0.4 is 0 Å². The smallest absolute Gasteiger partial charge is 0.184 e. The third-order valence-corrected chi connectivity index (χ3v) is 2.15. The Hall–Kier alpha value is -0.530. The Morgan fingerprint density at radius 1 is 1.29 bits per heavy atom. The molecule has 0 saturated carbocycles. The summed E-state index contributed by atoms with van der Waals surface area (Å²) >= 11 is 0. The van der Waals surface area contributed by atoms with E-state index < -0.39 is 36.5 Å². The molecule has 6 heteroatoms. The summed E-state index contributed by atoms with van der Waals surface area (Å²) in [6.07, 6.45) is -8.08. The van der Waals surface area contributed by atoms with E-state index in [-0.39, 0.29) is 13.3 Å². The third kappa shape index (κ3) is 1.94. The minimum atomic E-state index is -1.71. The second kappa shape index (κ2) is 4.33. The van der Waals surface area contributed by atoms with Crippen LogP contribution in [-0.4, -0.2) is 56.9 Å². The van der Waals surface area contributed by atoms with Gasteiger partial charge >= 0.3 is 0 Å². The molecule has 0 amide bonds. The summed E-state index contributed by atoms with van der Waals surface area (Å²) in [5, 5.41) is 36.9. The topological polar surface area (TPSA) is 107 Å². The molecule has 14 heavy (non-hydrogen) atoms. The molecule has 0 radical (unpaired) electrons. The summed E-state index contributed by atoms with van der Waals surface area (Å²) in [4.78, 5) is 11.3. The molecule has 0 spiro atoms. The fourth-order valence-electron chi connectivity index (χ4n) is 1.27. The number of carbonyl (C=O) groups excluding carboxylic acids is 1. The number of hydrogen-bond donors (Lipinski definition) is 4. The van der Waals surface area contributed by atoms with Crippen molar-refractivity contribution in [1.82, 2.24) is 0 Å². The first-order chi connectivity index (χ1) is 6.99. The minimum absolute atomic E-state index is 0.142. The quantitative estimate of drug-likeness (QED) is 0.408. The number of hydrogen-bond acceptors (Lipinski definition) is 6. The zero-order chi connectivity index (χ0) is 11.6. The molecule has 4 N–H and O–H groups in total. The summed E-state index contributed by atoms with van der Waals surface area (Å²) in [5.41, 5.74) is 0. The normalized spacial score (nSPS) is 44.6. The van der Waals surface area contributed by atoms with E-state index in [0.29, 0.717) is 0 Å². The Balaban J connectivity index is 2.70. The van der Waals surface area contributed by atoms with E-state index >= 15 is 0 Å². The van der Waals surface area contributed by atoms with Gasteiger partial charge in [-0.05, 0) is 0 Å². The Morgan fingerprint density at radius 2 is 1.93 bits per heavy atom. The number of carbonyl (C=O) groups is 1. The second-order valence-corrected chi connectivity index (χ2v) is 3.14. The first-order valence-electron chi connectivity index (χ1n) is 4.89. The van der Waals surface area contributed by atoms with Gasteiger partial charge in [0.25, 0.3) is 0 Å². The average Bonchev–Trinajstić information content (AvgIpc) is 2.20. The van der Waals surface area contributed by atoms with E-state index in [1.807, 2.05) is 0 Å². The van der Waals surface area contributed by atoms with Crippen LogP contribution in [0.3, 0.4) is 0 Å². The highest BCUT2D eigenvalue weighted by Gasteiger charge is 2.45. The van der Waals surface area contributed by atoms with Crippen LogP contribution in [0.1, 0.15) is 14.7 Å². The Bertz CT molecular complexity index is 235. The fraction of sp³-hybridized carbons (Fsp3) is 0.875. The highest BCUT2D eigenvalue weighted by molar-refractivity contribution is 5.83. The van der Waals surface area contributed by atoms with Crippen molar-refractivity contribution in [2.75, 3.05) is 0 Å². The van der Waals surface area contributed by atoms with Gasteiger partial charge in [-0.1, -0.05) is 6.90 Å². The largest absolute Gasteiger partial charge is 0.387 e. The van der Waals surface area contributed by atoms with Gasteiger partial charge in [0, 0.05) is 7.79 Å². The highest BCUT2D eigenvalue weighted by atomic mass is 16.6. The van der Waals surface area contributed by atoms with Crippen LogP contribution in [0, 0.1) is 0 Å². The Labute approximate surface area is 82.1 Å². The Kier molecular flexibility index (Phi) is 3.09. The van der Waals surface area contributed by atoms with E-state index in [1.54, 1.807) is 0 Å². The molecule has 1 heterocycles. The van der Waals surface area contributed by atoms with Crippen molar-refractivity contribution in [2.24, 2.45) is 0 Å². The molecule has 1 aliphatic rings. The van der Waals surface area contributed by atoms with E-state index in [0.717, 1.165) is 0 Å². The molecule has 1 saturated heterocycles. The molecule has 0 aromatic heterocycles. The van der Waals surface area contributed by atoms with E-state index in [9.17, 15) is 15.0 Å². The van der Waals surface area contributed by atoms with Gasteiger partial charge in [-0.25, -0.2) is 0 Å². The van der Waals surface area contributed by atoms with Crippen LogP contribution in [-0.2, 0) is 9.53 Å². The molecule has 5 atom stereocenters. The van der Waals surface area contributed by atoms with Crippen LogP contribution >= 0.6 is 0 Å². The predicted molar refractivity (Wildman–Crippen MR) is 44.2 cm³/mol. The molecule has 6 nitrogen and oxygen atoms in total. The molecule has 1 unspecified atom stereocenters. The van der Waals surface area contributed by atoms with Crippen LogP contribution in [0.15, 0.2) is 0 Å². The van der Waals surface area contributed by atoms with Gasteiger partial charge in [-0.3, -0.25) is 4.79 Å². The maximum Gasteiger partial charge on any atom is 0.184 e. The van der Waals surface area contributed by atoms with Crippen LogP contribution in [0.2, 0.25) is 0 Å². The summed E-state index contributed by atoms with van der Waals surface area (Å²) in [5.74, 6) is -0.581. The lowest BCUT2D eigenvalue weighted by molar-refractivity contribution is -0.275. The monoisotopic (exact) mass is 207 g/mol.